The standard InChI is InChI=1S/C15H18F2N6O2/c16-15(17)25-13-5-11(22-23-13)20-12-6-18-7-14(21-12)24-10-3-8-1-2-9(4-10)19-8/h5-10,15,19H,1-4H2,(H2,20,21,22,23)/t8-,9+,10?. The van der Waals surface area contributed by atoms with Gasteiger partial charge in [0.1, 0.15) is 11.9 Å². The lowest BCUT2D eigenvalue weighted by Crippen LogP contribution is -2.42. The summed E-state index contributed by atoms with van der Waals surface area (Å²) in [4.78, 5) is 8.45. The zero-order valence-electron chi connectivity index (χ0n) is 13.3. The Morgan fingerprint density at radius 2 is 1.96 bits per heavy atom. The highest BCUT2D eigenvalue weighted by atomic mass is 19.3. The number of ether oxygens (including phenoxy) is 2. The van der Waals surface area contributed by atoms with Crippen LogP contribution in [0.4, 0.5) is 20.4 Å². The molecule has 2 aromatic heterocycles. The number of nitrogens with zero attached hydrogens (tertiary/aromatic N) is 3. The van der Waals surface area contributed by atoms with Crippen LogP contribution >= 0.6 is 0 Å². The fourth-order valence-electron chi connectivity index (χ4n) is 3.39. The summed E-state index contributed by atoms with van der Waals surface area (Å²) in [7, 11) is 0. The van der Waals surface area contributed by atoms with Gasteiger partial charge in [-0.05, 0) is 25.7 Å². The topological polar surface area (TPSA) is 97.0 Å². The molecule has 0 spiro atoms. The van der Waals surface area contributed by atoms with Gasteiger partial charge in [0.25, 0.3) is 0 Å². The molecule has 0 saturated carbocycles. The Kier molecular flexibility index (Phi) is 4.35. The zero-order chi connectivity index (χ0) is 17.2. The molecule has 2 fully saturated rings. The van der Waals surface area contributed by atoms with Crippen LogP contribution in [0.5, 0.6) is 11.8 Å². The van der Waals surface area contributed by atoms with E-state index in [9.17, 15) is 8.78 Å². The van der Waals surface area contributed by atoms with Gasteiger partial charge in [0, 0.05) is 18.2 Å². The summed E-state index contributed by atoms with van der Waals surface area (Å²) >= 11 is 0. The molecular weight excluding hydrogens is 334 g/mol. The monoisotopic (exact) mass is 352 g/mol. The van der Waals surface area contributed by atoms with Crippen LogP contribution in [-0.2, 0) is 0 Å². The van der Waals surface area contributed by atoms with Crippen molar-refractivity contribution < 1.29 is 18.3 Å². The van der Waals surface area contributed by atoms with E-state index in [1.807, 2.05) is 0 Å². The van der Waals surface area contributed by atoms with Crippen LogP contribution in [0.2, 0.25) is 0 Å². The first-order valence-electron chi connectivity index (χ1n) is 8.16. The summed E-state index contributed by atoms with van der Waals surface area (Å²) < 4.78 is 34.5. The average Bonchev–Trinajstić information content (AvgIpc) is 3.13. The molecule has 4 rings (SSSR count). The number of hydrogen-bond acceptors (Lipinski definition) is 7. The fraction of sp³-hybridized carbons (Fsp3) is 0.533. The number of alkyl halides is 2. The molecule has 2 aromatic rings. The van der Waals surface area contributed by atoms with E-state index in [0.717, 1.165) is 12.8 Å². The number of rotatable bonds is 6. The first kappa shape index (κ1) is 16.0. The summed E-state index contributed by atoms with van der Waals surface area (Å²) in [5.74, 6) is 1.01. The van der Waals surface area contributed by atoms with Crippen LogP contribution in [0.25, 0.3) is 0 Å². The number of hydrogen-bond donors (Lipinski definition) is 3. The van der Waals surface area contributed by atoms with Crippen LogP contribution < -0.4 is 20.1 Å². The summed E-state index contributed by atoms with van der Waals surface area (Å²) in [5.41, 5.74) is 0. The van der Waals surface area contributed by atoms with Gasteiger partial charge in [0.05, 0.1) is 12.4 Å². The number of aromatic amines is 1. The molecule has 3 atom stereocenters. The van der Waals surface area contributed by atoms with Crippen LogP contribution in [0.15, 0.2) is 18.5 Å². The van der Waals surface area contributed by atoms with Gasteiger partial charge < -0.3 is 20.1 Å². The zero-order valence-corrected chi connectivity index (χ0v) is 13.3. The van der Waals surface area contributed by atoms with E-state index in [1.165, 1.54) is 25.1 Å². The molecular formula is C15H18F2N6O2. The predicted molar refractivity (Wildman–Crippen MR) is 84.1 cm³/mol. The Hall–Kier alpha value is -2.49. The highest BCUT2D eigenvalue weighted by Gasteiger charge is 2.34. The molecule has 3 N–H and O–H groups in total. The third-order valence-electron chi connectivity index (χ3n) is 4.36. The summed E-state index contributed by atoms with van der Waals surface area (Å²) in [6.45, 7) is -2.92. The normalized spacial score (nSPS) is 25.2. The van der Waals surface area contributed by atoms with Crippen LogP contribution in [-0.4, -0.2) is 45.0 Å². The van der Waals surface area contributed by atoms with Gasteiger partial charge in [0.15, 0.2) is 5.82 Å². The van der Waals surface area contributed by atoms with Crippen molar-refractivity contribution >= 4 is 11.6 Å². The molecule has 2 bridgehead atoms. The largest absolute Gasteiger partial charge is 0.473 e. The number of nitrogens with one attached hydrogen (secondary N) is 3. The SMILES string of the molecule is FC(F)Oc1cc(Nc2cncc(OC3C[C@H]4CC[C@@H](C3)N4)n2)[nH]n1. The molecule has 4 heterocycles. The molecule has 1 unspecified atom stereocenters. The molecule has 0 radical (unpaired) electrons. The molecule has 10 heteroatoms. The van der Waals surface area contributed by atoms with E-state index in [1.54, 1.807) is 6.20 Å². The molecule has 0 aliphatic carbocycles. The van der Waals surface area contributed by atoms with Crippen LogP contribution in [0, 0.1) is 0 Å². The van der Waals surface area contributed by atoms with E-state index < -0.39 is 6.61 Å². The highest BCUT2D eigenvalue weighted by Crippen LogP contribution is 2.29. The lowest BCUT2D eigenvalue weighted by atomic mass is 10.0. The van der Waals surface area contributed by atoms with Crippen molar-refractivity contribution in [2.75, 3.05) is 5.32 Å². The van der Waals surface area contributed by atoms with Crippen molar-refractivity contribution in [1.82, 2.24) is 25.5 Å². The van der Waals surface area contributed by atoms with Crippen molar-refractivity contribution in [3.8, 4) is 11.8 Å². The van der Waals surface area contributed by atoms with Crippen molar-refractivity contribution in [2.24, 2.45) is 0 Å². The molecule has 134 valence electrons. The average molecular weight is 352 g/mol. The Balaban J connectivity index is 1.38. The van der Waals surface area contributed by atoms with Crippen molar-refractivity contribution in [1.29, 1.82) is 0 Å². The Morgan fingerprint density at radius 3 is 2.72 bits per heavy atom. The number of piperidine rings is 1. The van der Waals surface area contributed by atoms with E-state index in [-0.39, 0.29) is 12.0 Å². The maximum Gasteiger partial charge on any atom is 0.388 e. The second-order valence-electron chi connectivity index (χ2n) is 6.22. The Morgan fingerprint density at radius 1 is 1.16 bits per heavy atom. The van der Waals surface area contributed by atoms with Crippen LogP contribution in [0.3, 0.4) is 0 Å². The lowest BCUT2D eigenvalue weighted by Gasteiger charge is -2.29. The third-order valence-corrected chi connectivity index (χ3v) is 4.36. The van der Waals surface area contributed by atoms with Gasteiger partial charge in [-0.15, -0.1) is 5.10 Å². The highest BCUT2D eigenvalue weighted by molar-refractivity contribution is 5.51. The number of anilines is 2. The smallest absolute Gasteiger partial charge is 0.388 e. The number of halogens is 2. The van der Waals surface area contributed by atoms with E-state index in [4.69, 9.17) is 4.74 Å². The van der Waals surface area contributed by atoms with Gasteiger partial charge in [-0.1, -0.05) is 0 Å². The number of fused-ring (bicyclic) bond motifs is 2. The van der Waals surface area contributed by atoms with Gasteiger partial charge in [-0.3, -0.25) is 10.1 Å². The molecule has 0 amide bonds. The van der Waals surface area contributed by atoms with Gasteiger partial charge in [-0.25, -0.2) is 0 Å². The molecule has 2 aliphatic rings. The number of aromatic nitrogens is 4. The number of H-pyrrole nitrogens is 1. The maximum absolute atomic E-state index is 12.2. The van der Waals surface area contributed by atoms with Crippen molar-refractivity contribution in [3.63, 3.8) is 0 Å². The van der Waals surface area contributed by atoms with Crippen LogP contribution in [0.1, 0.15) is 25.7 Å². The van der Waals surface area contributed by atoms with E-state index >= 15 is 0 Å². The fourth-order valence-corrected chi connectivity index (χ4v) is 3.39. The Bertz CT molecular complexity index is 716. The van der Waals surface area contributed by atoms with Crippen molar-refractivity contribution in [2.45, 2.75) is 50.5 Å². The lowest BCUT2D eigenvalue weighted by molar-refractivity contribution is -0.0528. The molecule has 2 aliphatic heterocycles. The minimum atomic E-state index is -2.92. The summed E-state index contributed by atoms with van der Waals surface area (Å²) in [6, 6.07) is 2.36. The third kappa shape index (κ3) is 3.95. The minimum Gasteiger partial charge on any atom is -0.473 e. The maximum atomic E-state index is 12.2. The molecule has 0 aromatic carbocycles. The second kappa shape index (κ2) is 6.79. The first-order chi connectivity index (χ1) is 12.1. The van der Waals surface area contributed by atoms with Crippen molar-refractivity contribution in [3.05, 3.63) is 18.5 Å². The summed E-state index contributed by atoms with van der Waals surface area (Å²) in [6.07, 6.45) is 7.51. The molecule has 8 nitrogen and oxygen atoms in total. The van der Waals surface area contributed by atoms with Gasteiger partial charge >= 0.3 is 6.61 Å². The minimum absolute atomic E-state index is 0.126. The second-order valence-corrected chi connectivity index (χ2v) is 6.22. The van der Waals surface area contributed by atoms with Gasteiger partial charge in [-0.2, -0.15) is 13.8 Å². The first-order valence-corrected chi connectivity index (χ1v) is 8.16. The predicted octanol–water partition coefficient (Wildman–Crippen LogP) is 2.21. The van der Waals surface area contributed by atoms with Gasteiger partial charge in [0.2, 0.25) is 11.8 Å². The molecule has 25 heavy (non-hydrogen) atoms. The van der Waals surface area contributed by atoms with E-state index in [2.05, 4.69) is 35.5 Å². The molecule has 2 saturated heterocycles. The summed E-state index contributed by atoms with van der Waals surface area (Å²) in [5, 5.41) is 12.6. The Labute approximate surface area is 142 Å². The quantitative estimate of drug-likeness (QED) is 0.733. The van der Waals surface area contributed by atoms with E-state index in [0.29, 0.717) is 29.6 Å².